The molecule has 0 saturated carbocycles. The highest BCUT2D eigenvalue weighted by Crippen LogP contribution is 2.19. The zero-order valence-electron chi connectivity index (χ0n) is 21.8. The summed E-state index contributed by atoms with van der Waals surface area (Å²) in [4.78, 5) is 64.5. The van der Waals surface area contributed by atoms with Gasteiger partial charge in [0.15, 0.2) is 0 Å². The standard InChI is InChI=1S/C27H21N7O7S/c1-12-7-14(5-6-16(12)25(39)40)11-30-24(38)18-9-17(32-26-33-41-27(42)34(18)26)23(37)29-10-13-3-2-4-15(8-13)31-20-19(28)21(35)22(20)36/h2-9,31H,10-11,28H2,1H3,(H,29,37)(H,30,38)(H,39,40). The van der Waals surface area contributed by atoms with Crippen LogP contribution in [0.5, 0.6) is 0 Å². The molecule has 2 amide bonds. The highest BCUT2D eigenvalue weighted by molar-refractivity contribution is 7.71. The lowest BCUT2D eigenvalue weighted by Gasteiger charge is -2.12. The van der Waals surface area contributed by atoms with Crippen LogP contribution in [0.4, 0.5) is 17.1 Å². The van der Waals surface area contributed by atoms with E-state index in [0.717, 1.165) is 0 Å². The van der Waals surface area contributed by atoms with Gasteiger partial charge in [-0.3, -0.25) is 19.2 Å². The monoisotopic (exact) mass is 587 g/mol. The smallest absolute Gasteiger partial charge is 0.335 e. The molecule has 0 saturated heterocycles. The minimum absolute atomic E-state index is 0.0168. The van der Waals surface area contributed by atoms with Crippen LogP contribution in [0, 0.1) is 11.8 Å². The number of carboxylic acid groups (broad SMARTS) is 1. The lowest BCUT2D eigenvalue weighted by molar-refractivity contribution is 0.0695. The molecular formula is C27H21N7O7S. The Morgan fingerprint density at radius 1 is 1.00 bits per heavy atom. The van der Waals surface area contributed by atoms with Gasteiger partial charge in [-0.2, -0.15) is 0 Å². The van der Waals surface area contributed by atoms with Crippen LogP contribution < -0.4 is 32.5 Å². The van der Waals surface area contributed by atoms with Gasteiger partial charge in [-0.1, -0.05) is 24.3 Å². The number of carbonyl (C=O) groups is 3. The lowest BCUT2D eigenvalue weighted by Crippen LogP contribution is -2.36. The highest BCUT2D eigenvalue weighted by Gasteiger charge is 2.20. The topological polar surface area (TPSA) is 211 Å². The molecular weight excluding hydrogens is 566 g/mol. The second-order valence-corrected chi connectivity index (χ2v) is 9.55. The predicted molar refractivity (Wildman–Crippen MR) is 152 cm³/mol. The summed E-state index contributed by atoms with van der Waals surface area (Å²) in [7, 11) is 0. The summed E-state index contributed by atoms with van der Waals surface area (Å²) in [5.41, 5.74) is 6.31. The third kappa shape index (κ3) is 5.35. The number of hydrogen-bond donors (Lipinski definition) is 5. The number of carbonyl (C=O) groups excluding carboxylic acids is 2. The van der Waals surface area contributed by atoms with Gasteiger partial charge in [0.2, 0.25) is 0 Å². The molecule has 2 aromatic heterocycles. The number of amides is 2. The molecule has 0 spiro atoms. The zero-order chi connectivity index (χ0) is 30.1. The number of fused-ring (bicyclic) bond motifs is 1. The van der Waals surface area contributed by atoms with Gasteiger partial charge in [-0.15, -0.1) is 0 Å². The molecule has 0 bridgehead atoms. The molecule has 2 heterocycles. The molecule has 6 N–H and O–H groups in total. The van der Waals surface area contributed by atoms with E-state index >= 15 is 0 Å². The Morgan fingerprint density at radius 2 is 1.71 bits per heavy atom. The summed E-state index contributed by atoms with van der Waals surface area (Å²) in [6.45, 7) is 1.78. The third-order valence-corrected chi connectivity index (χ3v) is 6.62. The van der Waals surface area contributed by atoms with E-state index in [4.69, 9.17) is 22.5 Å². The first-order valence-corrected chi connectivity index (χ1v) is 12.7. The first-order chi connectivity index (χ1) is 20.0. The van der Waals surface area contributed by atoms with Gasteiger partial charge in [0.05, 0.1) is 5.56 Å². The Labute approximate surface area is 240 Å². The number of carboxylic acids is 1. The van der Waals surface area contributed by atoms with Gasteiger partial charge < -0.3 is 31.3 Å². The van der Waals surface area contributed by atoms with Crippen LogP contribution in [0.3, 0.4) is 0 Å². The summed E-state index contributed by atoms with van der Waals surface area (Å²) >= 11 is 5.13. The average Bonchev–Trinajstić information content (AvgIpc) is 3.36. The van der Waals surface area contributed by atoms with Crippen LogP contribution in [0.25, 0.3) is 5.78 Å². The van der Waals surface area contributed by atoms with Crippen molar-refractivity contribution in [1.82, 2.24) is 25.2 Å². The van der Waals surface area contributed by atoms with E-state index < -0.39 is 28.6 Å². The van der Waals surface area contributed by atoms with E-state index in [2.05, 4.69) is 26.1 Å². The summed E-state index contributed by atoms with van der Waals surface area (Å²) in [5, 5.41) is 21.2. The van der Waals surface area contributed by atoms with Crippen molar-refractivity contribution in [1.29, 1.82) is 0 Å². The van der Waals surface area contributed by atoms with Crippen molar-refractivity contribution in [2.24, 2.45) is 0 Å². The normalized spacial score (nSPS) is 11.0. The fourth-order valence-corrected chi connectivity index (χ4v) is 4.41. The maximum atomic E-state index is 13.2. The second-order valence-electron chi connectivity index (χ2n) is 9.20. The Kier molecular flexibility index (Phi) is 7.33. The van der Waals surface area contributed by atoms with E-state index in [1.165, 1.54) is 16.5 Å². The van der Waals surface area contributed by atoms with Crippen LogP contribution in [0.1, 0.15) is 48.0 Å². The molecule has 42 heavy (non-hydrogen) atoms. The third-order valence-electron chi connectivity index (χ3n) is 6.36. The number of nitrogens with zero attached hydrogens (tertiary/aromatic N) is 3. The lowest BCUT2D eigenvalue weighted by atomic mass is 10.1. The Morgan fingerprint density at radius 3 is 2.40 bits per heavy atom. The van der Waals surface area contributed by atoms with E-state index in [1.807, 2.05) is 0 Å². The largest absolute Gasteiger partial charge is 0.478 e. The van der Waals surface area contributed by atoms with Crippen molar-refractivity contribution in [2.45, 2.75) is 20.0 Å². The Balaban J connectivity index is 1.31. The van der Waals surface area contributed by atoms with E-state index in [1.54, 1.807) is 43.3 Å². The fourth-order valence-electron chi connectivity index (χ4n) is 4.20. The van der Waals surface area contributed by atoms with Crippen LogP contribution >= 0.6 is 12.2 Å². The molecule has 0 fully saturated rings. The number of hydrogen-bond acceptors (Lipinski definition) is 11. The van der Waals surface area contributed by atoms with E-state index in [9.17, 15) is 29.1 Å². The number of nitrogens with one attached hydrogen (secondary N) is 3. The molecule has 5 rings (SSSR count). The second kappa shape index (κ2) is 11.1. The van der Waals surface area contributed by atoms with Gasteiger partial charge in [0.25, 0.3) is 28.4 Å². The Bertz CT molecular complexity index is 2040. The zero-order valence-corrected chi connectivity index (χ0v) is 22.6. The number of benzene rings is 2. The van der Waals surface area contributed by atoms with Crippen LogP contribution in [0.2, 0.25) is 0 Å². The maximum Gasteiger partial charge on any atom is 0.335 e. The number of aromatic nitrogens is 3. The van der Waals surface area contributed by atoms with E-state index in [0.29, 0.717) is 22.4 Å². The van der Waals surface area contributed by atoms with Crippen molar-refractivity contribution >= 4 is 52.8 Å². The van der Waals surface area contributed by atoms with Crippen molar-refractivity contribution in [3.8, 4) is 0 Å². The van der Waals surface area contributed by atoms with Gasteiger partial charge in [0, 0.05) is 18.8 Å². The number of aryl methyl sites for hydroxylation is 1. The van der Waals surface area contributed by atoms with Gasteiger partial charge >= 0.3 is 10.8 Å². The summed E-state index contributed by atoms with van der Waals surface area (Å²) in [6, 6.07) is 12.7. The molecule has 0 radical (unpaired) electrons. The molecule has 0 atom stereocenters. The minimum Gasteiger partial charge on any atom is -0.478 e. The molecule has 5 aromatic rings. The Hall–Kier alpha value is -5.70. The highest BCUT2D eigenvalue weighted by atomic mass is 32.1. The summed E-state index contributed by atoms with van der Waals surface area (Å²) < 4.78 is 6.18. The summed E-state index contributed by atoms with van der Waals surface area (Å²) in [5.74, 6) is -2.38. The molecule has 14 nitrogen and oxygen atoms in total. The fraction of sp³-hybridized carbons (Fsp3) is 0.111. The molecule has 212 valence electrons. The van der Waals surface area contributed by atoms with Crippen LogP contribution in [-0.4, -0.2) is 37.4 Å². The van der Waals surface area contributed by atoms with Crippen molar-refractivity contribution < 1.29 is 24.0 Å². The van der Waals surface area contributed by atoms with Crippen molar-refractivity contribution in [2.75, 3.05) is 11.1 Å². The average molecular weight is 588 g/mol. The molecule has 3 aromatic carbocycles. The maximum absolute atomic E-state index is 13.2. The van der Waals surface area contributed by atoms with Crippen molar-refractivity contribution in [3.63, 3.8) is 0 Å². The number of rotatable bonds is 9. The first kappa shape index (κ1) is 27.9. The van der Waals surface area contributed by atoms with Gasteiger partial charge in [-0.25, -0.2) is 14.2 Å². The molecule has 0 aliphatic rings. The van der Waals surface area contributed by atoms with Crippen LogP contribution in [0.15, 0.2) is 62.6 Å². The van der Waals surface area contributed by atoms with Crippen molar-refractivity contribution in [3.05, 3.63) is 107 Å². The first-order valence-electron chi connectivity index (χ1n) is 12.3. The summed E-state index contributed by atoms with van der Waals surface area (Å²) in [6.07, 6.45) is 0. The van der Waals surface area contributed by atoms with Gasteiger partial charge in [0.1, 0.15) is 22.8 Å². The molecule has 0 aliphatic heterocycles. The number of anilines is 3. The van der Waals surface area contributed by atoms with E-state index in [-0.39, 0.29) is 52.0 Å². The predicted octanol–water partition coefficient (Wildman–Crippen LogP) is 1.84. The van der Waals surface area contributed by atoms with Gasteiger partial charge in [-0.05, 0) is 65.3 Å². The quantitative estimate of drug-likeness (QED) is 0.123. The molecule has 0 aliphatic carbocycles. The molecule has 15 heteroatoms. The SMILES string of the molecule is Cc1cc(CNC(=O)c2cc(C(=O)NCc3cccc(Nc4c(N)c(=O)c4=O)c3)nc3noc(=S)n23)ccc1C(=O)O. The minimum atomic E-state index is -1.05. The number of aromatic carboxylic acids is 1. The number of nitrogens with two attached hydrogens (primary N) is 1. The molecule has 0 unspecified atom stereocenters. The van der Waals surface area contributed by atoms with Crippen LogP contribution in [-0.2, 0) is 13.1 Å². The number of nitrogen functional groups attached to an aromatic ring is 1.